The molecule has 38 heavy (non-hydrogen) atoms. The molecule has 10 nitrogen and oxygen atoms in total. The first kappa shape index (κ1) is 23.2. The molecule has 6 heterocycles. The molecule has 0 spiro atoms. The van der Waals surface area contributed by atoms with E-state index in [1.165, 1.54) is 24.1 Å². The summed E-state index contributed by atoms with van der Waals surface area (Å²) in [6, 6.07) is 6.52. The Labute approximate surface area is 220 Å². The minimum Gasteiger partial charge on any atom is -0.453 e. The van der Waals surface area contributed by atoms with E-state index in [4.69, 9.17) is 19.6 Å². The fourth-order valence-corrected chi connectivity index (χ4v) is 5.19. The number of ether oxygens (including phenoxy) is 2. The highest BCUT2D eigenvalue weighted by Gasteiger charge is 2.28. The Morgan fingerprint density at radius 3 is 2.74 bits per heavy atom. The number of nitrogens with one attached hydrogen (secondary N) is 2. The van der Waals surface area contributed by atoms with Gasteiger partial charge >= 0.3 is 0 Å². The maximum absolute atomic E-state index is 6.27. The molecule has 1 saturated heterocycles. The first-order chi connectivity index (χ1) is 18.3. The molecule has 0 unspecified atom stereocenters. The van der Waals surface area contributed by atoms with Gasteiger partial charge in [-0.2, -0.15) is 10.1 Å². The number of hydrogen-bond acceptors (Lipinski definition) is 7. The second-order valence-electron chi connectivity index (χ2n) is 11.5. The van der Waals surface area contributed by atoms with Gasteiger partial charge in [0, 0.05) is 49.3 Å². The smallest absolute Gasteiger partial charge is 0.210 e. The van der Waals surface area contributed by atoms with E-state index in [0.29, 0.717) is 29.9 Å². The molecule has 0 amide bonds. The molecule has 2 N–H and O–H groups in total. The average Bonchev–Trinajstić information content (AvgIpc) is 3.23. The van der Waals surface area contributed by atoms with Crippen molar-refractivity contribution in [2.24, 2.45) is 7.05 Å². The highest BCUT2D eigenvalue weighted by molar-refractivity contribution is 5.84. The maximum Gasteiger partial charge on any atom is 0.210 e. The summed E-state index contributed by atoms with van der Waals surface area (Å²) in [5.41, 5.74) is 4.72. The van der Waals surface area contributed by atoms with Crippen molar-refractivity contribution in [2.45, 2.75) is 57.4 Å². The third-order valence-corrected chi connectivity index (χ3v) is 7.50. The average molecular weight is 513 g/mol. The van der Waals surface area contributed by atoms with Crippen molar-refractivity contribution in [1.29, 1.82) is 0 Å². The third-order valence-electron chi connectivity index (χ3n) is 7.50. The summed E-state index contributed by atoms with van der Waals surface area (Å²) in [6.45, 7) is 8.08. The van der Waals surface area contributed by atoms with Gasteiger partial charge in [0.05, 0.1) is 29.7 Å². The molecule has 196 valence electrons. The number of aryl methyl sites for hydroxylation is 1. The molecule has 5 aromatic rings. The van der Waals surface area contributed by atoms with Crippen molar-refractivity contribution in [3.63, 3.8) is 0 Å². The van der Waals surface area contributed by atoms with Crippen molar-refractivity contribution in [1.82, 2.24) is 34.3 Å². The molecule has 0 aromatic carbocycles. The fourth-order valence-electron chi connectivity index (χ4n) is 5.19. The predicted octanol–water partition coefficient (Wildman–Crippen LogP) is 5.71. The van der Waals surface area contributed by atoms with E-state index in [9.17, 15) is 0 Å². The summed E-state index contributed by atoms with van der Waals surface area (Å²) in [5.74, 6) is 3.45. The molecular formula is C28H32N8O2. The van der Waals surface area contributed by atoms with Crippen LogP contribution in [0.1, 0.15) is 63.3 Å². The summed E-state index contributed by atoms with van der Waals surface area (Å²) in [5, 5.41) is 9.30. The molecule has 1 aliphatic heterocycles. The number of fused-ring (bicyclic) bond motifs is 2. The topological polar surface area (TPSA) is 108 Å². The highest BCUT2D eigenvalue weighted by Crippen LogP contribution is 2.42. The molecule has 1 saturated carbocycles. The van der Waals surface area contributed by atoms with Crippen LogP contribution in [0.2, 0.25) is 0 Å². The number of nitrogens with zero attached hydrogens (tertiary/aromatic N) is 6. The molecule has 10 heteroatoms. The molecule has 1 aliphatic carbocycles. The highest BCUT2D eigenvalue weighted by atomic mass is 16.5. The van der Waals surface area contributed by atoms with Gasteiger partial charge in [0.15, 0.2) is 17.2 Å². The van der Waals surface area contributed by atoms with Crippen LogP contribution in [0, 0.1) is 0 Å². The van der Waals surface area contributed by atoms with Crippen LogP contribution in [0.25, 0.3) is 22.2 Å². The van der Waals surface area contributed by atoms with Gasteiger partial charge in [-0.05, 0) is 36.8 Å². The Morgan fingerprint density at radius 2 is 1.97 bits per heavy atom. The quantitative estimate of drug-likeness (QED) is 0.300. The van der Waals surface area contributed by atoms with Crippen LogP contribution in [0.15, 0.2) is 36.8 Å². The minimum absolute atomic E-state index is 0.0486. The molecule has 5 aromatic heterocycles. The second kappa shape index (κ2) is 8.56. The van der Waals surface area contributed by atoms with Gasteiger partial charge in [0.25, 0.3) is 0 Å². The first-order valence-corrected chi connectivity index (χ1v) is 13.3. The van der Waals surface area contributed by atoms with Crippen LogP contribution in [-0.4, -0.2) is 47.5 Å². The number of rotatable bonds is 6. The van der Waals surface area contributed by atoms with E-state index in [1.807, 2.05) is 30.1 Å². The van der Waals surface area contributed by atoms with E-state index >= 15 is 0 Å². The third kappa shape index (κ3) is 4.09. The van der Waals surface area contributed by atoms with Gasteiger partial charge in [-0.3, -0.25) is 4.68 Å². The Hall–Kier alpha value is -3.92. The Morgan fingerprint density at radius 1 is 1.11 bits per heavy atom. The Kier molecular flexibility index (Phi) is 5.23. The lowest BCUT2D eigenvalue weighted by molar-refractivity contribution is 0.183. The molecular weight excluding hydrogens is 480 g/mol. The van der Waals surface area contributed by atoms with Crippen LogP contribution in [-0.2, 0) is 17.2 Å². The summed E-state index contributed by atoms with van der Waals surface area (Å²) in [6.07, 6.45) is 8.97. The van der Waals surface area contributed by atoms with Gasteiger partial charge in [0.2, 0.25) is 5.95 Å². The number of aromatic nitrogens is 7. The normalized spacial score (nSPS) is 18.1. The van der Waals surface area contributed by atoms with E-state index in [2.05, 4.69) is 57.9 Å². The number of hydrogen-bond donors (Lipinski definition) is 2. The summed E-state index contributed by atoms with van der Waals surface area (Å²) in [4.78, 5) is 17.1. The van der Waals surface area contributed by atoms with Crippen LogP contribution >= 0.6 is 0 Å². The second-order valence-corrected chi connectivity index (χ2v) is 11.5. The predicted molar refractivity (Wildman–Crippen MR) is 145 cm³/mol. The Bertz CT molecular complexity index is 1650. The minimum atomic E-state index is -0.0486. The molecule has 2 fully saturated rings. The van der Waals surface area contributed by atoms with E-state index in [0.717, 1.165) is 41.1 Å². The largest absolute Gasteiger partial charge is 0.453 e. The maximum atomic E-state index is 6.27. The van der Waals surface area contributed by atoms with Crippen molar-refractivity contribution in [3.8, 4) is 11.5 Å². The number of imidazole rings is 1. The van der Waals surface area contributed by atoms with E-state index in [-0.39, 0.29) is 11.5 Å². The summed E-state index contributed by atoms with van der Waals surface area (Å²) >= 11 is 0. The number of aromatic amines is 1. The lowest BCUT2D eigenvalue weighted by Crippen LogP contribution is -2.22. The molecule has 2 aliphatic rings. The number of pyridine rings is 2. The van der Waals surface area contributed by atoms with Crippen molar-refractivity contribution in [3.05, 3.63) is 48.0 Å². The molecule has 7 rings (SSSR count). The van der Waals surface area contributed by atoms with Crippen molar-refractivity contribution < 1.29 is 9.47 Å². The SMILES string of the molecule is Cn1c(Nc2cc(C(C)(C)C)n([C@@H]3CCOC3)n2)nc2ncc(Oc3c[nH]c4ncc(C5CC5)cc34)cc21. The zero-order chi connectivity index (χ0) is 26.0. The lowest BCUT2D eigenvalue weighted by Gasteiger charge is -2.22. The van der Waals surface area contributed by atoms with Gasteiger partial charge in [-0.1, -0.05) is 20.8 Å². The zero-order valence-electron chi connectivity index (χ0n) is 22.2. The van der Waals surface area contributed by atoms with E-state index < -0.39 is 0 Å². The monoisotopic (exact) mass is 512 g/mol. The van der Waals surface area contributed by atoms with Crippen LogP contribution < -0.4 is 10.1 Å². The lowest BCUT2D eigenvalue weighted by atomic mass is 9.91. The van der Waals surface area contributed by atoms with Gasteiger partial charge < -0.3 is 24.3 Å². The zero-order valence-corrected chi connectivity index (χ0v) is 22.2. The Balaban J connectivity index is 1.17. The van der Waals surface area contributed by atoms with Gasteiger partial charge in [-0.25, -0.2) is 9.97 Å². The summed E-state index contributed by atoms with van der Waals surface area (Å²) < 4.78 is 16.0. The molecule has 0 radical (unpaired) electrons. The number of H-pyrrole nitrogens is 1. The van der Waals surface area contributed by atoms with Gasteiger partial charge in [0.1, 0.15) is 11.4 Å². The van der Waals surface area contributed by atoms with Crippen LogP contribution in [0.5, 0.6) is 11.5 Å². The van der Waals surface area contributed by atoms with Crippen LogP contribution in [0.3, 0.4) is 0 Å². The van der Waals surface area contributed by atoms with Crippen LogP contribution in [0.4, 0.5) is 11.8 Å². The van der Waals surface area contributed by atoms with Crippen molar-refractivity contribution in [2.75, 3.05) is 18.5 Å². The van der Waals surface area contributed by atoms with Gasteiger partial charge in [-0.15, -0.1) is 0 Å². The molecule has 1 atom stereocenters. The first-order valence-electron chi connectivity index (χ1n) is 13.3. The summed E-state index contributed by atoms with van der Waals surface area (Å²) in [7, 11) is 1.97. The fraction of sp³-hybridized carbons (Fsp3) is 0.429. The van der Waals surface area contributed by atoms with Crippen molar-refractivity contribution >= 4 is 34.0 Å². The molecule has 0 bridgehead atoms. The standard InChI is InChI=1S/C28H32N8O2/c1-28(2,3)23-11-24(34-36(23)18-7-8-37-15-18)32-27-33-26-21(35(27)4)10-19(13-30-26)38-22-14-31-25-20(22)9-17(12-29-25)16-5-6-16/h9-14,16,18H,5-8,15H2,1-4H3,(H,29,31)(H,30,32,33,34)/t18-/m1/s1. The van der Waals surface area contributed by atoms with E-state index in [1.54, 1.807) is 6.20 Å². The number of anilines is 2.